The summed E-state index contributed by atoms with van der Waals surface area (Å²) in [6, 6.07) is 4.04. The monoisotopic (exact) mass is 230 g/mol. The average Bonchev–Trinajstić information content (AvgIpc) is 2.39. The first kappa shape index (κ1) is 13.5. The Labute approximate surface area is 105 Å². The van der Waals surface area contributed by atoms with Crippen LogP contribution in [0.2, 0.25) is 0 Å². The molecule has 2 heteroatoms. The number of aromatic nitrogens is 1. The van der Waals surface area contributed by atoms with Gasteiger partial charge in [0.2, 0.25) is 0 Å². The van der Waals surface area contributed by atoms with E-state index in [1.165, 1.54) is 11.3 Å². The number of anilines is 1. The molecular formula is C15H22N2. The fourth-order valence-electron chi connectivity index (χ4n) is 1.54. The van der Waals surface area contributed by atoms with E-state index in [9.17, 15) is 0 Å². The first-order valence-corrected chi connectivity index (χ1v) is 6.19. The summed E-state index contributed by atoms with van der Waals surface area (Å²) in [5, 5.41) is 0. The lowest BCUT2D eigenvalue weighted by Gasteiger charge is -2.21. The minimum absolute atomic E-state index is 1.01. The third-order valence-corrected chi connectivity index (χ3v) is 2.94. The van der Waals surface area contributed by atoms with Crippen molar-refractivity contribution < 1.29 is 0 Å². The van der Waals surface area contributed by atoms with Gasteiger partial charge in [-0.1, -0.05) is 25.5 Å². The van der Waals surface area contributed by atoms with Crippen LogP contribution in [0.5, 0.6) is 0 Å². The van der Waals surface area contributed by atoms with Crippen molar-refractivity contribution in [3.8, 4) is 0 Å². The molecule has 0 atom stereocenters. The number of allylic oxidation sites excluding steroid dienone is 4. The SMILES string of the molecule is CC/C(C)=C\C=C(\CC)N(C)c1cccnc1. The van der Waals surface area contributed by atoms with Gasteiger partial charge in [-0.2, -0.15) is 0 Å². The van der Waals surface area contributed by atoms with Crippen LogP contribution in [0, 0.1) is 0 Å². The molecule has 1 rings (SSSR count). The van der Waals surface area contributed by atoms with E-state index < -0.39 is 0 Å². The second-order valence-electron chi connectivity index (χ2n) is 4.15. The highest BCUT2D eigenvalue weighted by Crippen LogP contribution is 2.18. The standard InChI is InChI=1S/C15H22N2/c1-5-13(3)9-10-14(6-2)17(4)15-8-7-11-16-12-15/h7-12H,5-6H2,1-4H3/b13-9-,14-10-. The summed E-state index contributed by atoms with van der Waals surface area (Å²) < 4.78 is 0. The van der Waals surface area contributed by atoms with Crippen LogP contribution >= 0.6 is 0 Å². The quantitative estimate of drug-likeness (QED) is 0.706. The maximum Gasteiger partial charge on any atom is 0.0592 e. The lowest BCUT2D eigenvalue weighted by Crippen LogP contribution is -2.15. The Morgan fingerprint density at radius 3 is 2.59 bits per heavy atom. The van der Waals surface area contributed by atoms with Crippen molar-refractivity contribution in [1.82, 2.24) is 4.98 Å². The maximum absolute atomic E-state index is 4.15. The predicted molar refractivity (Wildman–Crippen MR) is 75.1 cm³/mol. The zero-order valence-electron chi connectivity index (χ0n) is 11.3. The van der Waals surface area contributed by atoms with Crippen LogP contribution < -0.4 is 4.90 Å². The molecule has 0 radical (unpaired) electrons. The molecule has 0 aliphatic carbocycles. The second kappa shape index (κ2) is 6.89. The van der Waals surface area contributed by atoms with E-state index in [1.807, 2.05) is 12.3 Å². The minimum atomic E-state index is 1.01. The van der Waals surface area contributed by atoms with Gasteiger partial charge in [-0.05, 0) is 38.0 Å². The summed E-state index contributed by atoms with van der Waals surface area (Å²) in [7, 11) is 2.08. The van der Waals surface area contributed by atoms with Crippen LogP contribution in [0.25, 0.3) is 0 Å². The molecule has 0 saturated heterocycles. The van der Waals surface area contributed by atoms with Gasteiger partial charge < -0.3 is 4.90 Å². The first-order valence-electron chi connectivity index (χ1n) is 6.19. The van der Waals surface area contributed by atoms with Gasteiger partial charge in [-0.3, -0.25) is 4.98 Å². The highest BCUT2D eigenvalue weighted by Gasteiger charge is 2.03. The largest absolute Gasteiger partial charge is 0.347 e. The Morgan fingerprint density at radius 2 is 2.06 bits per heavy atom. The molecule has 0 fully saturated rings. The van der Waals surface area contributed by atoms with Crippen LogP contribution in [0.1, 0.15) is 33.6 Å². The Bertz CT molecular complexity index is 391. The third-order valence-electron chi connectivity index (χ3n) is 2.94. The van der Waals surface area contributed by atoms with E-state index in [1.54, 1.807) is 6.20 Å². The Balaban J connectivity index is 2.88. The van der Waals surface area contributed by atoms with E-state index >= 15 is 0 Å². The molecule has 0 bridgehead atoms. The van der Waals surface area contributed by atoms with E-state index in [2.05, 4.69) is 55.9 Å². The van der Waals surface area contributed by atoms with Gasteiger partial charge in [0.15, 0.2) is 0 Å². The summed E-state index contributed by atoms with van der Waals surface area (Å²) >= 11 is 0. The molecule has 17 heavy (non-hydrogen) atoms. The second-order valence-corrected chi connectivity index (χ2v) is 4.15. The lowest BCUT2D eigenvalue weighted by atomic mass is 10.2. The Kier molecular flexibility index (Phi) is 5.47. The molecular weight excluding hydrogens is 208 g/mol. The third kappa shape index (κ3) is 4.06. The zero-order valence-corrected chi connectivity index (χ0v) is 11.3. The summed E-state index contributed by atoms with van der Waals surface area (Å²) in [6.07, 6.45) is 10.2. The Morgan fingerprint density at radius 1 is 1.29 bits per heavy atom. The van der Waals surface area contributed by atoms with Gasteiger partial charge in [-0.15, -0.1) is 0 Å². The van der Waals surface area contributed by atoms with Crippen molar-refractivity contribution in [3.63, 3.8) is 0 Å². The normalized spacial score (nSPS) is 12.7. The smallest absolute Gasteiger partial charge is 0.0592 e. The number of hydrogen-bond acceptors (Lipinski definition) is 2. The van der Waals surface area contributed by atoms with Crippen LogP contribution in [0.4, 0.5) is 5.69 Å². The number of rotatable bonds is 5. The topological polar surface area (TPSA) is 16.1 Å². The van der Waals surface area contributed by atoms with Crippen LogP contribution in [0.15, 0.2) is 47.9 Å². The van der Waals surface area contributed by atoms with E-state index in [0.717, 1.165) is 18.5 Å². The average molecular weight is 230 g/mol. The number of pyridine rings is 1. The molecule has 1 heterocycles. The van der Waals surface area contributed by atoms with Crippen molar-refractivity contribution in [1.29, 1.82) is 0 Å². The molecule has 0 spiro atoms. The van der Waals surface area contributed by atoms with Crippen LogP contribution in [-0.2, 0) is 0 Å². The van der Waals surface area contributed by atoms with Crippen molar-refractivity contribution in [2.75, 3.05) is 11.9 Å². The van der Waals surface area contributed by atoms with Crippen molar-refractivity contribution in [3.05, 3.63) is 47.9 Å². The lowest BCUT2D eigenvalue weighted by molar-refractivity contribution is 0.970. The highest BCUT2D eigenvalue weighted by molar-refractivity contribution is 5.49. The molecule has 0 aliphatic rings. The van der Waals surface area contributed by atoms with E-state index in [-0.39, 0.29) is 0 Å². The maximum atomic E-state index is 4.15. The fraction of sp³-hybridized carbons (Fsp3) is 0.400. The molecule has 1 aromatic heterocycles. The van der Waals surface area contributed by atoms with Crippen LogP contribution in [0.3, 0.4) is 0 Å². The molecule has 0 saturated carbocycles. The molecule has 0 aliphatic heterocycles. The molecule has 0 aromatic carbocycles. The Hall–Kier alpha value is -1.57. The van der Waals surface area contributed by atoms with E-state index in [0.29, 0.717) is 0 Å². The van der Waals surface area contributed by atoms with Gasteiger partial charge in [0.25, 0.3) is 0 Å². The van der Waals surface area contributed by atoms with Crippen molar-refractivity contribution in [2.24, 2.45) is 0 Å². The van der Waals surface area contributed by atoms with Gasteiger partial charge in [0, 0.05) is 18.9 Å². The van der Waals surface area contributed by atoms with Gasteiger partial charge >= 0.3 is 0 Å². The fourth-order valence-corrected chi connectivity index (χ4v) is 1.54. The van der Waals surface area contributed by atoms with E-state index in [4.69, 9.17) is 0 Å². The first-order chi connectivity index (χ1) is 8.19. The number of nitrogens with zero attached hydrogens (tertiary/aromatic N) is 2. The summed E-state index contributed by atoms with van der Waals surface area (Å²) in [5.41, 5.74) is 3.82. The summed E-state index contributed by atoms with van der Waals surface area (Å²) in [6.45, 7) is 6.51. The minimum Gasteiger partial charge on any atom is -0.347 e. The molecule has 0 unspecified atom stereocenters. The van der Waals surface area contributed by atoms with Crippen molar-refractivity contribution in [2.45, 2.75) is 33.6 Å². The molecule has 2 nitrogen and oxygen atoms in total. The van der Waals surface area contributed by atoms with Gasteiger partial charge in [-0.25, -0.2) is 0 Å². The van der Waals surface area contributed by atoms with Gasteiger partial charge in [0.05, 0.1) is 11.9 Å². The highest BCUT2D eigenvalue weighted by atomic mass is 15.1. The molecule has 0 N–H and O–H groups in total. The van der Waals surface area contributed by atoms with Gasteiger partial charge in [0.1, 0.15) is 0 Å². The molecule has 92 valence electrons. The molecule has 1 aromatic rings. The summed E-state index contributed by atoms with van der Waals surface area (Å²) in [4.78, 5) is 6.34. The zero-order chi connectivity index (χ0) is 12.7. The van der Waals surface area contributed by atoms with Crippen LogP contribution in [-0.4, -0.2) is 12.0 Å². The summed E-state index contributed by atoms with van der Waals surface area (Å²) in [5.74, 6) is 0. The van der Waals surface area contributed by atoms with Crippen molar-refractivity contribution >= 4 is 5.69 Å². The predicted octanol–water partition coefficient (Wildman–Crippen LogP) is 4.17. The number of hydrogen-bond donors (Lipinski definition) is 0. The molecule has 0 amide bonds.